The highest BCUT2D eigenvalue weighted by Crippen LogP contribution is 2.27. The molecule has 0 aliphatic rings. The number of methoxy groups -OCH3 is 1. The van der Waals surface area contributed by atoms with Crippen molar-refractivity contribution in [2.45, 2.75) is 25.9 Å². The van der Waals surface area contributed by atoms with E-state index in [0.29, 0.717) is 6.42 Å². The molecule has 1 rings (SSSR count). The highest BCUT2D eigenvalue weighted by molar-refractivity contribution is 5.47. The third kappa shape index (κ3) is 3.34. The third-order valence-electron chi connectivity index (χ3n) is 2.79. The van der Waals surface area contributed by atoms with E-state index in [4.69, 9.17) is 4.74 Å². The Balaban J connectivity index is 2.91. The molecule has 19 heavy (non-hydrogen) atoms. The van der Waals surface area contributed by atoms with Crippen LogP contribution in [0.25, 0.3) is 0 Å². The zero-order valence-electron chi connectivity index (χ0n) is 10.7. The molecule has 0 aliphatic carbocycles. The van der Waals surface area contributed by atoms with E-state index in [1.165, 1.54) is 7.11 Å². The largest absolute Gasteiger partial charge is 0.380 e. The quantitative estimate of drug-likeness (QED) is 0.506. The lowest BCUT2D eigenvalue weighted by Crippen LogP contribution is -2.26. The summed E-state index contributed by atoms with van der Waals surface area (Å²) in [4.78, 5) is 0. The molecule has 1 aromatic carbocycles. The minimum Gasteiger partial charge on any atom is -0.380 e. The van der Waals surface area contributed by atoms with Gasteiger partial charge in [0.2, 0.25) is 5.82 Å². The predicted octanol–water partition coefficient (Wildman–Crippen LogP) is 3.61. The van der Waals surface area contributed by atoms with Gasteiger partial charge in [-0.25, -0.2) is 22.0 Å². The van der Waals surface area contributed by atoms with Crippen LogP contribution in [0, 0.1) is 29.1 Å². The van der Waals surface area contributed by atoms with Crippen molar-refractivity contribution in [3.8, 4) is 0 Å². The fourth-order valence-corrected chi connectivity index (χ4v) is 1.35. The van der Waals surface area contributed by atoms with Crippen molar-refractivity contribution >= 4 is 5.69 Å². The highest BCUT2D eigenvalue weighted by Gasteiger charge is 2.26. The van der Waals surface area contributed by atoms with Crippen LogP contribution in [-0.4, -0.2) is 19.3 Å². The van der Waals surface area contributed by atoms with Gasteiger partial charge in [0.25, 0.3) is 0 Å². The Morgan fingerprint density at radius 2 is 1.32 bits per heavy atom. The Bertz CT molecular complexity index is 447. The number of ether oxygens (including phenoxy) is 1. The van der Waals surface area contributed by atoms with Crippen LogP contribution in [0.1, 0.15) is 20.3 Å². The predicted molar refractivity (Wildman–Crippen MR) is 60.4 cm³/mol. The topological polar surface area (TPSA) is 21.3 Å². The SMILES string of the molecule is COC(C)(C)CCNc1c(F)c(F)c(F)c(F)c1F. The van der Waals surface area contributed by atoms with Crippen molar-refractivity contribution in [3.63, 3.8) is 0 Å². The normalized spacial score (nSPS) is 11.8. The Morgan fingerprint density at radius 3 is 1.74 bits per heavy atom. The summed E-state index contributed by atoms with van der Waals surface area (Å²) in [5.74, 6) is -9.84. The van der Waals surface area contributed by atoms with Crippen molar-refractivity contribution in [1.29, 1.82) is 0 Å². The van der Waals surface area contributed by atoms with Crippen molar-refractivity contribution in [2.75, 3.05) is 19.0 Å². The van der Waals surface area contributed by atoms with E-state index in [2.05, 4.69) is 5.32 Å². The van der Waals surface area contributed by atoms with E-state index in [0.717, 1.165) is 0 Å². The monoisotopic (exact) mass is 283 g/mol. The molecule has 108 valence electrons. The summed E-state index contributed by atoms with van der Waals surface area (Å²) in [6.45, 7) is 3.46. The Morgan fingerprint density at radius 1 is 0.895 bits per heavy atom. The maximum Gasteiger partial charge on any atom is 0.200 e. The molecular weight excluding hydrogens is 269 g/mol. The van der Waals surface area contributed by atoms with Crippen LogP contribution in [0.4, 0.5) is 27.6 Å². The van der Waals surface area contributed by atoms with Gasteiger partial charge in [-0.1, -0.05) is 0 Å². The first kappa shape index (κ1) is 15.7. The lowest BCUT2D eigenvalue weighted by molar-refractivity contribution is 0.0184. The molecule has 0 aliphatic heterocycles. The molecule has 2 nitrogen and oxygen atoms in total. The second kappa shape index (κ2) is 5.73. The van der Waals surface area contributed by atoms with Crippen molar-refractivity contribution in [3.05, 3.63) is 29.1 Å². The molecule has 0 aromatic heterocycles. The molecule has 1 aromatic rings. The smallest absolute Gasteiger partial charge is 0.200 e. The van der Waals surface area contributed by atoms with E-state index in [1.807, 2.05) is 0 Å². The molecule has 0 amide bonds. The molecule has 0 atom stereocenters. The van der Waals surface area contributed by atoms with Crippen LogP contribution in [0.3, 0.4) is 0 Å². The first-order valence-corrected chi connectivity index (χ1v) is 5.51. The van der Waals surface area contributed by atoms with Crippen molar-refractivity contribution < 1.29 is 26.7 Å². The fraction of sp³-hybridized carbons (Fsp3) is 0.500. The number of nitrogens with one attached hydrogen (secondary N) is 1. The van der Waals surface area contributed by atoms with Crippen LogP contribution in [0.15, 0.2) is 0 Å². The number of halogens is 5. The van der Waals surface area contributed by atoms with Crippen LogP contribution in [-0.2, 0) is 4.74 Å². The maximum atomic E-state index is 13.3. The summed E-state index contributed by atoms with van der Waals surface area (Å²) in [7, 11) is 1.46. The third-order valence-corrected chi connectivity index (χ3v) is 2.79. The van der Waals surface area contributed by atoms with Gasteiger partial charge in [0.15, 0.2) is 23.3 Å². The summed E-state index contributed by atoms with van der Waals surface area (Å²) in [5.41, 5.74) is -1.60. The van der Waals surface area contributed by atoms with Gasteiger partial charge in [-0.05, 0) is 20.3 Å². The van der Waals surface area contributed by atoms with Crippen molar-refractivity contribution in [1.82, 2.24) is 0 Å². The first-order chi connectivity index (χ1) is 8.71. The van der Waals surface area contributed by atoms with E-state index in [9.17, 15) is 22.0 Å². The Kier molecular flexibility index (Phi) is 4.73. The van der Waals surface area contributed by atoms with E-state index in [-0.39, 0.29) is 6.54 Å². The van der Waals surface area contributed by atoms with Gasteiger partial charge in [0, 0.05) is 13.7 Å². The van der Waals surface area contributed by atoms with Gasteiger partial charge in [-0.15, -0.1) is 0 Å². The lowest BCUT2D eigenvalue weighted by atomic mass is 10.1. The first-order valence-electron chi connectivity index (χ1n) is 5.51. The van der Waals surface area contributed by atoms with Gasteiger partial charge < -0.3 is 10.1 Å². The van der Waals surface area contributed by atoms with E-state index >= 15 is 0 Å². The summed E-state index contributed by atoms with van der Waals surface area (Å²) < 4.78 is 70.2. The second-order valence-electron chi connectivity index (χ2n) is 4.59. The number of rotatable bonds is 5. The highest BCUT2D eigenvalue weighted by atomic mass is 19.2. The number of hydrogen-bond donors (Lipinski definition) is 1. The molecule has 1 N–H and O–H groups in total. The molecule has 7 heteroatoms. The average molecular weight is 283 g/mol. The van der Waals surface area contributed by atoms with Crippen LogP contribution >= 0.6 is 0 Å². The zero-order chi connectivity index (χ0) is 14.8. The van der Waals surface area contributed by atoms with Crippen LogP contribution in [0.5, 0.6) is 0 Å². The molecule has 0 fully saturated rings. The molecule has 0 heterocycles. The summed E-state index contributed by atoms with van der Waals surface area (Å²) in [6, 6.07) is 0. The lowest BCUT2D eigenvalue weighted by Gasteiger charge is -2.23. The maximum absolute atomic E-state index is 13.3. The van der Waals surface area contributed by atoms with E-state index in [1.54, 1.807) is 13.8 Å². The van der Waals surface area contributed by atoms with Crippen molar-refractivity contribution in [2.24, 2.45) is 0 Å². The Labute approximate surface area is 107 Å². The summed E-state index contributed by atoms with van der Waals surface area (Å²) in [5, 5.41) is 2.20. The van der Waals surface area contributed by atoms with Gasteiger partial charge in [-0.3, -0.25) is 0 Å². The van der Waals surface area contributed by atoms with Gasteiger partial charge in [0.1, 0.15) is 5.69 Å². The van der Waals surface area contributed by atoms with Gasteiger partial charge in [0.05, 0.1) is 5.60 Å². The minimum absolute atomic E-state index is 0.000801. The van der Waals surface area contributed by atoms with E-state index < -0.39 is 40.4 Å². The zero-order valence-corrected chi connectivity index (χ0v) is 10.7. The van der Waals surface area contributed by atoms with Gasteiger partial charge in [-0.2, -0.15) is 0 Å². The van der Waals surface area contributed by atoms with Crippen LogP contribution < -0.4 is 5.32 Å². The molecule has 0 unspecified atom stereocenters. The Hall–Kier alpha value is -1.37. The number of benzene rings is 1. The molecule has 0 radical (unpaired) electrons. The molecular formula is C12H14F5NO. The summed E-state index contributed by atoms with van der Waals surface area (Å²) >= 11 is 0. The summed E-state index contributed by atoms with van der Waals surface area (Å²) in [6.07, 6.45) is 0.322. The van der Waals surface area contributed by atoms with Crippen LogP contribution in [0.2, 0.25) is 0 Å². The fourth-order valence-electron chi connectivity index (χ4n) is 1.35. The molecule has 0 spiro atoms. The second-order valence-corrected chi connectivity index (χ2v) is 4.59. The standard InChI is InChI=1S/C12H14F5NO/c1-12(2,19-3)4-5-18-11-9(16)7(14)6(13)8(15)10(11)17/h18H,4-5H2,1-3H3. The minimum atomic E-state index is -2.17. The number of hydrogen-bond acceptors (Lipinski definition) is 2. The average Bonchev–Trinajstić information content (AvgIpc) is 2.38. The van der Waals surface area contributed by atoms with Gasteiger partial charge >= 0.3 is 0 Å². The number of anilines is 1. The molecule has 0 bridgehead atoms. The molecule has 0 saturated heterocycles. The molecule has 0 saturated carbocycles.